The first-order valence-corrected chi connectivity index (χ1v) is 5.30. The smallest absolute Gasteiger partial charge is 0.108 e. The predicted octanol–water partition coefficient (Wildman–Crippen LogP) is 0.210. The lowest BCUT2D eigenvalue weighted by molar-refractivity contribution is 0.140. The number of hydrogen-bond donors (Lipinski definition) is 1. The first kappa shape index (κ1) is 11.4. The molecule has 1 saturated heterocycles. The Labute approximate surface area is 85.8 Å². The molecule has 0 aromatic carbocycles. The Bertz CT molecular complexity index is 182. The zero-order valence-corrected chi connectivity index (χ0v) is 8.83. The molecule has 0 radical (unpaired) electrons. The van der Waals surface area contributed by atoms with Crippen LogP contribution in [0.2, 0.25) is 0 Å². The minimum atomic E-state index is -0.0434. The molecular weight excluding hydrogens is 178 g/mol. The van der Waals surface area contributed by atoms with E-state index in [9.17, 15) is 0 Å². The van der Waals surface area contributed by atoms with Gasteiger partial charge in [0.05, 0.1) is 12.7 Å². The molecular formula is C10H19N3O. The van der Waals surface area contributed by atoms with E-state index < -0.39 is 0 Å². The van der Waals surface area contributed by atoms with Crippen molar-refractivity contribution in [1.29, 1.82) is 5.26 Å². The second-order valence-corrected chi connectivity index (χ2v) is 3.51. The molecule has 0 aliphatic carbocycles. The Kier molecular flexibility index (Phi) is 5.53. The summed E-state index contributed by atoms with van der Waals surface area (Å²) in [4.78, 5) is 2.30. The fourth-order valence-corrected chi connectivity index (χ4v) is 1.64. The van der Waals surface area contributed by atoms with E-state index in [1.54, 1.807) is 0 Å². The lowest BCUT2D eigenvalue weighted by Gasteiger charge is -2.22. The van der Waals surface area contributed by atoms with Gasteiger partial charge in [0.1, 0.15) is 6.04 Å². The molecule has 4 nitrogen and oxygen atoms in total. The van der Waals surface area contributed by atoms with E-state index in [0.29, 0.717) is 0 Å². The summed E-state index contributed by atoms with van der Waals surface area (Å²) in [5.41, 5.74) is 0. The van der Waals surface area contributed by atoms with Crippen molar-refractivity contribution < 1.29 is 4.74 Å². The van der Waals surface area contributed by atoms with Gasteiger partial charge in [-0.25, -0.2) is 0 Å². The van der Waals surface area contributed by atoms with E-state index >= 15 is 0 Å². The average Bonchev–Trinajstić information content (AvgIpc) is 2.45. The maximum absolute atomic E-state index is 8.89. The van der Waals surface area contributed by atoms with Crippen molar-refractivity contribution >= 4 is 0 Å². The number of likely N-dealkylation sites (N-methyl/N-ethyl adjacent to an activating group) is 1. The zero-order chi connectivity index (χ0) is 10.2. The van der Waals surface area contributed by atoms with Crippen LogP contribution in [0.15, 0.2) is 0 Å². The van der Waals surface area contributed by atoms with E-state index in [1.807, 2.05) is 6.92 Å². The number of rotatable bonds is 4. The first-order valence-electron chi connectivity index (χ1n) is 5.30. The molecule has 0 amide bonds. The molecule has 1 fully saturated rings. The van der Waals surface area contributed by atoms with Crippen LogP contribution in [-0.2, 0) is 4.74 Å². The SMILES string of the molecule is CCNC(C#N)CN1CCCOCC1. The van der Waals surface area contributed by atoms with Gasteiger partial charge >= 0.3 is 0 Å². The Hall–Kier alpha value is -0.630. The zero-order valence-electron chi connectivity index (χ0n) is 8.83. The quantitative estimate of drug-likeness (QED) is 0.700. The maximum Gasteiger partial charge on any atom is 0.108 e. The van der Waals surface area contributed by atoms with E-state index in [4.69, 9.17) is 10.00 Å². The van der Waals surface area contributed by atoms with Gasteiger partial charge in [0.25, 0.3) is 0 Å². The molecule has 1 N–H and O–H groups in total. The van der Waals surface area contributed by atoms with Gasteiger partial charge in [-0.05, 0) is 13.0 Å². The fourth-order valence-electron chi connectivity index (χ4n) is 1.64. The Morgan fingerprint density at radius 1 is 1.50 bits per heavy atom. The van der Waals surface area contributed by atoms with Crippen LogP contribution < -0.4 is 5.32 Å². The molecule has 1 atom stereocenters. The number of nitrogens with one attached hydrogen (secondary N) is 1. The van der Waals surface area contributed by atoms with Crippen molar-refractivity contribution in [2.45, 2.75) is 19.4 Å². The van der Waals surface area contributed by atoms with Gasteiger partial charge in [-0.2, -0.15) is 5.26 Å². The molecule has 80 valence electrons. The van der Waals surface area contributed by atoms with Crippen molar-refractivity contribution in [2.75, 3.05) is 39.4 Å². The number of nitrogens with zero attached hydrogens (tertiary/aromatic N) is 2. The highest BCUT2D eigenvalue weighted by Gasteiger charge is 2.14. The van der Waals surface area contributed by atoms with Crippen LogP contribution in [0.5, 0.6) is 0 Å². The minimum absolute atomic E-state index is 0.0434. The van der Waals surface area contributed by atoms with Gasteiger partial charge < -0.3 is 10.1 Å². The molecule has 0 saturated carbocycles. The normalized spacial score (nSPS) is 21.1. The Morgan fingerprint density at radius 3 is 3.07 bits per heavy atom. The largest absolute Gasteiger partial charge is 0.380 e. The summed E-state index contributed by atoms with van der Waals surface area (Å²) in [6.07, 6.45) is 1.07. The molecule has 4 heteroatoms. The third kappa shape index (κ3) is 4.05. The molecule has 1 aliphatic rings. The van der Waals surface area contributed by atoms with Crippen LogP contribution in [0.3, 0.4) is 0 Å². The van der Waals surface area contributed by atoms with Crippen LogP contribution in [-0.4, -0.2) is 50.3 Å². The summed E-state index contributed by atoms with van der Waals surface area (Å²) in [6, 6.07) is 2.23. The molecule has 0 spiro atoms. The monoisotopic (exact) mass is 197 g/mol. The van der Waals surface area contributed by atoms with Gasteiger partial charge in [-0.3, -0.25) is 4.90 Å². The molecule has 0 bridgehead atoms. The number of ether oxygens (including phenoxy) is 1. The molecule has 0 aromatic rings. The van der Waals surface area contributed by atoms with Gasteiger partial charge in [-0.15, -0.1) is 0 Å². The summed E-state index contributed by atoms with van der Waals surface area (Å²) in [5, 5.41) is 12.0. The lowest BCUT2D eigenvalue weighted by Crippen LogP contribution is -2.41. The topological polar surface area (TPSA) is 48.3 Å². The van der Waals surface area contributed by atoms with Crippen molar-refractivity contribution in [1.82, 2.24) is 10.2 Å². The second-order valence-electron chi connectivity index (χ2n) is 3.51. The van der Waals surface area contributed by atoms with E-state index in [2.05, 4.69) is 16.3 Å². The average molecular weight is 197 g/mol. The maximum atomic E-state index is 8.89. The summed E-state index contributed by atoms with van der Waals surface area (Å²) >= 11 is 0. The molecule has 1 heterocycles. The van der Waals surface area contributed by atoms with Crippen molar-refractivity contribution in [3.05, 3.63) is 0 Å². The second kappa shape index (κ2) is 6.77. The van der Waals surface area contributed by atoms with E-state index in [1.165, 1.54) is 0 Å². The summed E-state index contributed by atoms with van der Waals surface area (Å²) in [6.45, 7) is 7.33. The highest BCUT2D eigenvalue weighted by atomic mass is 16.5. The molecule has 0 aromatic heterocycles. The van der Waals surface area contributed by atoms with Crippen molar-refractivity contribution in [3.8, 4) is 6.07 Å². The van der Waals surface area contributed by atoms with Gasteiger partial charge in [-0.1, -0.05) is 6.92 Å². The first-order chi connectivity index (χ1) is 6.86. The fraction of sp³-hybridized carbons (Fsp3) is 0.900. The highest BCUT2D eigenvalue weighted by molar-refractivity contribution is 4.91. The third-order valence-electron chi connectivity index (χ3n) is 2.36. The predicted molar refractivity (Wildman–Crippen MR) is 55.0 cm³/mol. The molecule has 1 unspecified atom stereocenters. The van der Waals surface area contributed by atoms with Crippen LogP contribution in [0.1, 0.15) is 13.3 Å². The summed E-state index contributed by atoms with van der Waals surface area (Å²) < 4.78 is 5.35. The van der Waals surface area contributed by atoms with Crippen molar-refractivity contribution in [3.63, 3.8) is 0 Å². The molecule has 1 rings (SSSR count). The lowest BCUT2D eigenvalue weighted by atomic mass is 10.3. The van der Waals surface area contributed by atoms with Crippen molar-refractivity contribution in [2.24, 2.45) is 0 Å². The van der Waals surface area contributed by atoms with Crippen LogP contribution in [0, 0.1) is 11.3 Å². The van der Waals surface area contributed by atoms with Crippen LogP contribution in [0.25, 0.3) is 0 Å². The van der Waals surface area contributed by atoms with Crippen LogP contribution >= 0.6 is 0 Å². The number of nitriles is 1. The number of hydrogen-bond acceptors (Lipinski definition) is 4. The van der Waals surface area contributed by atoms with Crippen LogP contribution in [0.4, 0.5) is 0 Å². The minimum Gasteiger partial charge on any atom is -0.380 e. The van der Waals surface area contributed by atoms with E-state index in [0.717, 1.165) is 45.8 Å². The molecule has 1 aliphatic heterocycles. The van der Waals surface area contributed by atoms with Gasteiger partial charge in [0.15, 0.2) is 0 Å². The standard InChI is InChI=1S/C10H19N3O/c1-2-12-10(8-11)9-13-4-3-6-14-7-5-13/h10,12H,2-7,9H2,1H3. The van der Waals surface area contributed by atoms with Gasteiger partial charge in [0, 0.05) is 26.2 Å². The Morgan fingerprint density at radius 2 is 2.36 bits per heavy atom. The summed E-state index contributed by atoms with van der Waals surface area (Å²) in [5.74, 6) is 0. The van der Waals surface area contributed by atoms with E-state index in [-0.39, 0.29) is 6.04 Å². The Balaban J connectivity index is 2.29. The van der Waals surface area contributed by atoms with Gasteiger partial charge in [0.2, 0.25) is 0 Å². The third-order valence-corrected chi connectivity index (χ3v) is 2.36. The molecule has 14 heavy (non-hydrogen) atoms. The summed E-state index contributed by atoms with van der Waals surface area (Å²) in [7, 11) is 0. The highest BCUT2D eigenvalue weighted by Crippen LogP contribution is 2.00.